The summed E-state index contributed by atoms with van der Waals surface area (Å²) in [6, 6.07) is 7.37. The lowest BCUT2D eigenvalue weighted by molar-refractivity contribution is 0.252. The number of carbonyl (C=O) groups excluding carboxylic acids is 1. The van der Waals surface area contributed by atoms with E-state index in [1.807, 2.05) is 24.3 Å². The Kier molecular flexibility index (Phi) is 7.19. The molecule has 0 aliphatic carbocycles. The first-order chi connectivity index (χ1) is 11.3. The van der Waals surface area contributed by atoms with Crippen LogP contribution < -0.4 is 16.0 Å². The Balaban J connectivity index is 1.61. The van der Waals surface area contributed by atoms with E-state index in [4.69, 9.17) is 0 Å². The van der Waals surface area contributed by atoms with Crippen molar-refractivity contribution in [1.82, 2.24) is 15.3 Å². The van der Waals surface area contributed by atoms with Gasteiger partial charge in [-0.05, 0) is 36.4 Å². The SMILES string of the molecule is CCSc1ccc(NC(=O)NCCCNc2ccncc2)cn1. The number of rotatable bonds is 8. The van der Waals surface area contributed by atoms with Crippen molar-refractivity contribution in [2.24, 2.45) is 0 Å². The molecule has 0 spiro atoms. The summed E-state index contributed by atoms with van der Waals surface area (Å²) in [5.41, 5.74) is 1.72. The van der Waals surface area contributed by atoms with E-state index < -0.39 is 0 Å². The maximum atomic E-state index is 11.8. The Morgan fingerprint density at radius 3 is 2.65 bits per heavy atom. The quantitative estimate of drug-likeness (QED) is 0.511. The van der Waals surface area contributed by atoms with Gasteiger partial charge < -0.3 is 16.0 Å². The Morgan fingerprint density at radius 1 is 1.13 bits per heavy atom. The summed E-state index contributed by atoms with van der Waals surface area (Å²) >= 11 is 1.67. The lowest BCUT2D eigenvalue weighted by atomic mass is 10.3. The number of carbonyl (C=O) groups is 1. The van der Waals surface area contributed by atoms with E-state index in [1.165, 1.54) is 0 Å². The third kappa shape index (κ3) is 6.56. The lowest BCUT2D eigenvalue weighted by Crippen LogP contribution is -2.30. The maximum absolute atomic E-state index is 11.8. The fraction of sp³-hybridized carbons (Fsp3) is 0.312. The minimum atomic E-state index is -0.216. The van der Waals surface area contributed by atoms with Crippen molar-refractivity contribution in [2.45, 2.75) is 18.4 Å². The first kappa shape index (κ1) is 17.1. The molecule has 3 N–H and O–H groups in total. The molecule has 0 bridgehead atoms. The molecule has 0 fully saturated rings. The van der Waals surface area contributed by atoms with Crippen LogP contribution in [0.25, 0.3) is 0 Å². The van der Waals surface area contributed by atoms with Gasteiger partial charge in [0.15, 0.2) is 0 Å². The van der Waals surface area contributed by atoms with Crippen LogP contribution in [0.4, 0.5) is 16.2 Å². The number of thioether (sulfide) groups is 1. The van der Waals surface area contributed by atoms with E-state index in [2.05, 4.69) is 32.8 Å². The van der Waals surface area contributed by atoms with Gasteiger partial charge in [-0.3, -0.25) is 4.98 Å². The van der Waals surface area contributed by atoms with Crippen molar-refractivity contribution in [3.05, 3.63) is 42.9 Å². The molecule has 0 atom stereocenters. The molecule has 0 aliphatic heterocycles. The third-order valence-electron chi connectivity index (χ3n) is 2.93. The first-order valence-corrected chi connectivity index (χ1v) is 8.54. The molecule has 0 aromatic carbocycles. The Hall–Kier alpha value is -2.28. The number of amides is 2. The average molecular weight is 331 g/mol. The molecule has 0 saturated heterocycles. The molecule has 0 saturated carbocycles. The number of nitrogens with one attached hydrogen (secondary N) is 3. The van der Waals surface area contributed by atoms with Gasteiger partial charge in [0.25, 0.3) is 0 Å². The molecule has 2 aromatic heterocycles. The minimum absolute atomic E-state index is 0.216. The standard InChI is InChI=1S/C16H21N5OS/c1-2-23-15-5-4-14(12-20-15)21-16(22)19-9-3-8-18-13-6-10-17-11-7-13/h4-7,10-12H,2-3,8-9H2,1H3,(H,17,18)(H2,19,21,22). The Morgan fingerprint density at radius 2 is 1.96 bits per heavy atom. The summed E-state index contributed by atoms with van der Waals surface area (Å²) in [6.07, 6.45) is 5.99. The maximum Gasteiger partial charge on any atom is 0.319 e. The van der Waals surface area contributed by atoms with Gasteiger partial charge in [-0.25, -0.2) is 9.78 Å². The van der Waals surface area contributed by atoms with E-state index in [1.54, 1.807) is 30.4 Å². The van der Waals surface area contributed by atoms with Crippen LogP contribution in [0.2, 0.25) is 0 Å². The fourth-order valence-electron chi connectivity index (χ4n) is 1.86. The molecule has 23 heavy (non-hydrogen) atoms. The van der Waals surface area contributed by atoms with E-state index in [-0.39, 0.29) is 6.03 Å². The van der Waals surface area contributed by atoms with Gasteiger partial charge in [-0.15, -0.1) is 11.8 Å². The number of hydrogen-bond acceptors (Lipinski definition) is 5. The topological polar surface area (TPSA) is 78.9 Å². The molecule has 0 radical (unpaired) electrons. The summed E-state index contributed by atoms with van der Waals surface area (Å²) in [4.78, 5) is 20.0. The average Bonchev–Trinajstić information content (AvgIpc) is 2.57. The number of aromatic nitrogens is 2. The van der Waals surface area contributed by atoms with Gasteiger partial charge in [-0.1, -0.05) is 6.92 Å². The second-order valence-corrected chi connectivity index (χ2v) is 6.00. The second kappa shape index (κ2) is 9.68. The second-order valence-electron chi connectivity index (χ2n) is 4.72. The van der Waals surface area contributed by atoms with Crippen LogP contribution in [0, 0.1) is 0 Å². The predicted molar refractivity (Wildman–Crippen MR) is 95.0 cm³/mol. The Bertz CT molecular complexity index is 591. The number of pyridine rings is 2. The highest BCUT2D eigenvalue weighted by Crippen LogP contribution is 2.16. The van der Waals surface area contributed by atoms with Gasteiger partial charge >= 0.3 is 6.03 Å². The van der Waals surface area contributed by atoms with Crippen molar-refractivity contribution in [1.29, 1.82) is 0 Å². The monoisotopic (exact) mass is 331 g/mol. The summed E-state index contributed by atoms with van der Waals surface area (Å²) in [5.74, 6) is 0.980. The minimum Gasteiger partial charge on any atom is -0.385 e. The summed E-state index contributed by atoms with van der Waals surface area (Å²) in [6.45, 7) is 3.46. The smallest absolute Gasteiger partial charge is 0.319 e. The summed E-state index contributed by atoms with van der Waals surface area (Å²) < 4.78 is 0. The number of nitrogens with zero attached hydrogens (tertiary/aromatic N) is 2. The fourth-order valence-corrected chi connectivity index (χ4v) is 2.44. The zero-order chi connectivity index (χ0) is 16.3. The number of urea groups is 1. The molecule has 2 aromatic rings. The van der Waals surface area contributed by atoms with E-state index >= 15 is 0 Å². The van der Waals surface area contributed by atoms with Crippen LogP contribution in [0.5, 0.6) is 0 Å². The molecule has 2 heterocycles. The number of hydrogen-bond donors (Lipinski definition) is 3. The van der Waals surface area contributed by atoms with Gasteiger partial charge in [0.1, 0.15) is 0 Å². The van der Waals surface area contributed by atoms with Gasteiger partial charge in [-0.2, -0.15) is 0 Å². The molecule has 6 nitrogen and oxygen atoms in total. The Labute approximate surface area is 140 Å². The predicted octanol–water partition coefficient (Wildman–Crippen LogP) is 3.21. The van der Waals surface area contributed by atoms with Crippen LogP contribution in [0.15, 0.2) is 47.9 Å². The van der Waals surface area contributed by atoms with Gasteiger partial charge in [0.2, 0.25) is 0 Å². The summed E-state index contributed by atoms with van der Waals surface area (Å²) in [7, 11) is 0. The van der Waals surface area contributed by atoms with Crippen LogP contribution in [0.1, 0.15) is 13.3 Å². The highest BCUT2D eigenvalue weighted by molar-refractivity contribution is 7.99. The third-order valence-corrected chi connectivity index (χ3v) is 3.76. The van der Waals surface area contributed by atoms with E-state index in [0.29, 0.717) is 12.2 Å². The van der Waals surface area contributed by atoms with Crippen molar-refractivity contribution in [3.8, 4) is 0 Å². The van der Waals surface area contributed by atoms with Crippen molar-refractivity contribution < 1.29 is 4.79 Å². The van der Waals surface area contributed by atoms with E-state index in [9.17, 15) is 4.79 Å². The molecular formula is C16H21N5OS. The largest absolute Gasteiger partial charge is 0.385 e. The van der Waals surface area contributed by atoms with Crippen LogP contribution in [-0.4, -0.2) is 34.8 Å². The van der Waals surface area contributed by atoms with Crippen LogP contribution in [-0.2, 0) is 0 Å². The van der Waals surface area contributed by atoms with Crippen molar-refractivity contribution in [3.63, 3.8) is 0 Å². The van der Waals surface area contributed by atoms with Crippen LogP contribution >= 0.6 is 11.8 Å². The molecule has 0 aliphatic rings. The molecule has 2 amide bonds. The normalized spacial score (nSPS) is 10.1. The lowest BCUT2D eigenvalue weighted by Gasteiger charge is -2.09. The number of anilines is 2. The first-order valence-electron chi connectivity index (χ1n) is 7.55. The molecule has 7 heteroatoms. The van der Waals surface area contributed by atoms with Gasteiger partial charge in [0.05, 0.1) is 16.9 Å². The highest BCUT2D eigenvalue weighted by Gasteiger charge is 2.02. The molecule has 0 unspecified atom stereocenters. The van der Waals surface area contributed by atoms with Crippen LogP contribution in [0.3, 0.4) is 0 Å². The molecule has 2 rings (SSSR count). The highest BCUT2D eigenvalue weighted by atomic mass is 32.2. The summed E-state index contributed by atoms with van der Waals surface area (Å²) in [5, 5.41) is 9.81. The zero-order valence-corrected chi connectivity index (χ0v) is 13.9. The van der Waals surface area contributed by atoms with Crippen molar-refractivity contribution in [2.75, 3.05) is 29.5 Å². The zero-order valence-electron chi connectivity index (χ0n) is 13.1. The van der Waals surface area contributed by atoms with Gasteiger partial charge in [0, 0.05) is 31.2 Å². The van der Waals surface area contributed by atoms with E-state index in [0.717, 1.165) is 29.4 Å². The molecule has 122 valence electrons. The van der Waals surface area contributed by atoms with Crippen molar-refractivity contribution >= 4 is 29.2 Å². The molecular weight excluding hydrogens is 310 g/mol.